The molecular formula is C21H15ClN4O4S. The normalized spacial score (nSPS) is 16.0. The van der Waals surface area contributed by atoms with E-state index in [9.17, 15) is 4.79 Å². The lowest BCUT2D eigenvalue weighted by Gasteiger charge is -2.19. The van der Waals surface area contributed by atoms with Gasteiger partial charge in [-0.3, -0.25) is 4.79 Å². The van der Waals surface area contributed by atoms with Crippen molar-refractivity contribution in [3.8, 4) is 11.5 Å². The van der Waals surface area contributed by atoms with Crippen molar-refractivity contribution in [2.24, 2.45) is 5.10 Å². The van der Waals surface area contributed by atoms with E-state index in [1.54, 1.807) is 48.9 Å². The van der Waals surface area contributed by atoms with Gasteiger partial charge in [0, 0.05) is 17.0 Å². The molecule has 0 radical (unpaired) electrons. The van der Waals surface area contributed by atoms with E-state index in [4.69, 9.17) is 24.9 Å². The van der Waals surface area contributed by atoms with Crippen LogP contribution in [0, 0.1) is 0 Å². The largest absolute Gasteiger partial charge is 0.467 e. The van der Waals surface area contributed by atoms with Crippen LogP contribution in [0.3, 0.4) is 0 Å². The van der Waals surface area contributed by atoms with E-state index in [2.05, 4.69) is 15.3 Å². The quantitative estimate of drug-likeness (QED) is 0.376. The van der Waals surface area contributed by atoms with Gasteiger partial charge in [0.15, 0.2) is 0 Å². The summed E-state index contributed by atoms with van der Waals surface area (Å²) in [5.74, 6) is 1.52. The Hall–Kier alpha value is -3.30. The molecule has 0 fully saturated rings. The average molecular weight is 455 g/mol. The van der Waals surface area contributed by atoms with Crippen molar-refractivity contribution in [2.45, 2.75) is 17.7 Å². The summed E-state index contributed by atoms with van der Waals surface area (Å²) in [5, 5.41) is 14.9. The minimum atomic E-state index is -0.337. The Morgan fingerprint density at radius 1 is 1.10 bits per heavy atom. The number of carbonyl (C=O) groups excluding carboxylic acids is 1. The minimum Gasteiger partial charge on any atom is -0.467 e. The maximum atomic E-state index is 13.0. The molecule has 5 rings (SSSR count). The van der Waals surface area contributed by atoms with Crippen LogP contribution < -0.4 is 0 Å². The number of halogens is 1. The third-order valence-corrected chi connectivity index (χ3v) is 5.72. The molecule has 1 aliphatic heterocycles. The molecule has 0 N–H and O–H groups in total. The Balaban J connectivity index is 1.30. The van der Waals surface area contributed by atoms with Gasteiger partial charge in [0.1, 0.15) is 23.3 Å². The lowest BCUT2D eigenvalue weighted by Crippen LogP contribution is -2.28. The van der Waals surface area contributed by atoms with Crippen molar-refractivity contribution in [1.29, 1.82) is 0 Å². The monoisotopic (exact) mass is 454 g/mol. The van der Waals surface area contributed by atoms with Crippen LogP contribution in [-0.2, 0) is 4.79 Å². The molecule has 31 heavy (non-hydrogen) atoms. The highest BCUT2D eigenvalue weighted by molar-refractivity contribution is 7.99. The number of amides is 1. The summed E-state index contributed by atoms with van der Waals surface area (Å²) in [6.45, 7) is 0. The van der Waals surface area contributed by atoms with Crippen LogP contribution in [0.4, 0.5) is 0 Å². The van der Waals surface area contributed by atoms with Gasteiger partial charge in [0.25, 0.3) is 11.1 Å². The fourth-order valence-corrected chi connectivity index (χ4v) is 3.94. The molecule has 10 heteroatoms. The van der Waals surface area contributed by atoms with Gasteiger partial charge in [0.2, 0.25) is 5.89 Å². The summed E-state index contributed by atoms with van der Waals surface area (Å²) < 4.78 is 16.6. The first-order chi connectivity index (χ1) is 15.2. The molecule has 0 saturated heterocycles. The third-order valence-electron chi connectivity index (χ3n) is 4.66. The molecule has 0 saturated carbocycles. The number of benzene rings is 1. The van der Waals surface area contributed by atoms with Crippen molar-refractivity contribution >= 4 is 35.0 Å². The number of hydrogen-bond acceptors (Lipinski definition) is 8. The van der Waals surface area contributed by atoms with Crippen molar-refractivity contribution in [2.75, 3.05) is 5.75 Å². The SMILES string of the molecule is O=C(CSc1nnc(-c2ccc(Cl)cc2)o1)N1N=C(c2ccco2)CC1c1ccco1. The first-order valence-electron chi connectivity index (χ1n) is 9.36. The first kappa shape index (κ1) is 19.7. The number of hydrazone groups is 1. The van der Waals surface area contributed by atoms with E-state index in [-0.39, 0.29) is 17.7 Å². The number of nitrogens with zero attached hydrogens (tertiary/aromatic N) is 4. The molecule has 0 spiro atoms. The second kappa shape index (κ2) is 8.44. The summed E-state index contributed by atoms with van der Waals surface area (Å²) in [4.78, 5) is 13.0. The molecule has 1 unspecified atom stereocenters. The van der Waals surface area contributed by atoms with Gasteiger partial charge in [-0.25, -0.2) is 5.01 Å². The summed E-state index contributed by atoms with van der Waals surface area (Å²) in [6.07, 6.45) is 3.65. The van der Waals surface area contributed by atoms with E-state index in [1.165, 1.54) is 5.01 Å². The lowest BCUT2D eigenvalue weighted by atomic mass is 10.1. The van der Waals surface area contributed by atoms with Crippen LogP contribution >= 0.6 is 23.4 Å². The number of thioether (sulfide) groups is 1. The zero-order valence-electron chi connectivity index (χ0n) is 16.0. The molecule has 0 aliphatic carbocycles. The third kappa shape index (κ3) is 4.14. The molecular weight excluding hydrogens is 440 g/mol. The van der Waals surface area contributed by atoms with Crippen molar-refractivity contribution in [3.05, 3.63) is 77.6 Å². The zero-order chi connectivity index (χ0) is 21.2. The second-order valence-corrected chi connectivity index (χ2v) is 8.03. The molecule has 8 nitrogen and oxygen atoms in total. The van der Waals surface area contributed by atoms with Crippen molar-refractivity contribution in [1.82, 2.24) is 15.2 Å². The zero-order valence-corrected chi connectivity index (χ0v) is 17.5. The van der Waals surface area contributed by atoms with Gasteiger partial charge < -0.3 is 13.3 Å². The van der Waals surface area contributed by atoms with Gasteiger partial charge in [0.05, 0.1) is 18.3 Å². The molecule has 1 atom stereocenters. The standard InChI is InChI=1S/C21H15ClN4O4S/c22-14-7-5-13(6-8-14)20-23-24-21(30-20)31-12-19(27)26-16(18-4-2-10-29-18)11-15(25-26)17-3-1-9-28-17/h1-10,16H,11-12H2. The molecule has 0 bridgehead atoms. The lowest BCUT2D eigenvalue weighted by molar-refractivity contribution is -0.130. The summed E-state index contributed by atoms with van der Waals surface area (Å²) in [5.41, 5.74) is 1.44. The van der Waals surface area contributed by atoms with Crippen molar-refractivity contribution in [3.63, 3.8) is 0 Å². The van der Waals surface area contributed by atoms with Gasteiger partial charge in [-0.15, -0.1) is 10.2 Å². The van der Waals surface area contributed by atoms with Crippen LogP contribution in [0.15, 0.2) is 84.6 Å². The Kier molecular flexibility index (Phi) is 5.35. The van der Waals surface area contributed by atoms with Gasteiger partial charge >= 0.3 is 0 Å². The fourth-order valence-electron chi connectivity index (χ4n) is 3.20. The Labute approximate surface area is 185 Å². The summed E-state index contributed by atoms with van der Waals surface area (Å²) in [7, 11) is 0. The predicted octanol–water partition coefficient (Wildman–Crippen LogP) is 5.05. The summed E-state index contributed by atoms with van der Waals surface area (Å²) in [6, 6.07) is 13.9. The van der Waals surface area contributed by atoms with E-state index < -0.39 is 0 Å². The number of rotatable bonds is 6. The topological polar surface area (TPSA) is 97.9 Å². The molecule has 1 amide bonds. The van der Waals surface area contributed by atoms with Crippen LogP contribution in [0.2, 0.25) is 5.02 Å². The molecule has 1 aromatic carbocycles. The van der Waals surface area contributed by atoms with Gasteiger partial charge in [-0.2, -0.15) is 5.10 Å². The second-order valence-electron chi connectivity index (χ2n) is 6.67. The van der Waals surface area contributed by atoms with Crippen LogP contribution in [0.25, 0.3) is 11.5 Å². The highest BCUT2D eigenvalue weighted by Gasteiger charge is 2.35. The maximum Gasteiger partial charge on any atom is 0.277 e. The Morgan fingerprint density at radius 2 is 1.90 bits per heavy atom. The van der Waals surface area contributed by atoms with Crippen molar-refractivity contribution < 1.29 is 18.0 Å². The number of hydrogen-bond donors (Lipinski definition) is 0. The van der Waals surface area contributed by atoms with E-state index in [1.807, 2.05) is 12.1 Å². The predicted molar refractivity (Wildman–Crippen MR) is 114 cm³/mol. The highest BCUT2D eigenvalue weighted by atomic mass is 35.5. The first-order valence-corrected chi connectivity index (χ1v) is 10.7. The van der Waals surface area contributed by atoms with E-state index >= 15 is 0 Å². The summed E-state index contributed by atoms with van der Waals surface area (Å²) >= 11 is 7.06. The maximum absolute atomic E-state index is 13.0. The van der Waals surface area contributed by atoms with Crippen LogP contribution in [0.5, 0.6) is 0 Å². The van der Waals surface area contributed by atoms with Gasteiger partial charge in [-0.05, 0) is 48.5 Å². The van der Waals surface area contributed by atoms with E-state index in [0.717, 1.165) is 17.3 Å². The average Bonchev–Trinajstić information content (AvgIpc) is 3.58. The molecule has 4 aromatic rings. The molecule has 3 aromatic heterocycles. The highest BCUT2D eigenvalue weighted by Crippen LogP contribution is 2.34. The smallest absolute Gasteiger partial charge is 0.277 e. The van der Waals surface area contributed by atoms with E-state index in [0.29, 0.717) is 39.8 Å². The van der Waals surface area contributed by atoms with Crippen LogP contribution in [0.1, 0.15) is 24.0 Å². The Bertz CT molecular complexity index is 1200. The number of carbonyl (C=O) groups is 1. The number of furan rings is 2. The Morgan fingerprint density at radius 3 is 2.65 bits per heavy atom. The minimum absolute atomic E-state index is 0.0778. The fraction of sp³-hybridized carbons (Fsp3) is 0.143. The van der Waals surface area contributed by atoms with Crippen LogP contribution in [-0.4, -0.2) is 32.6 Å². The molecule has 1 aliphatic rings. The molecule has 156 valence electrons. The molecule has 4 heterocycles. The number of aromatic nitrogens is 2. The van der Waals surface area contributed by atoms with Gasteiger partial charge in [-0.1, -0.05) is 23.4 Å².